The number of likely N-dealkylation sites (N-methyl/N-ethyl adjacent to an activating group) is 1. The Kier molecular flexibility index (Phi) is 4.55. The second kappa shape index (κ2) is 5.68. The second-order valence-electron chi connectivity index (χ2n) is 6.07. The molecule has 5 nitrogen and oxygen atoms in total. The zero-order valence-electron chi connectivity index (χ0n) is 12.1. The van der Waals surface area contributed by atoms with E-state index < -0.39 is 10.2 Å². The first-order valence-corrected chi connectivity index (χ1v) is 8.80. The van der Waals surface area contributed by atoms with Crippen LogP contribution in [0.5, 0.6) is 0 Å². The Morgan fingerprint density at radius 1 is 1.26 bits per heavy atom. The first kappa shape index (κ1) is 15.2. The van der Waals surface area contributed by atoms with Crippen molar-refractivity contribution >= 4 is 10.2 Å². The summed E-state index contributed by atoms with van der Waals surface area (Å²) in [5.41, 5.74) is 5.55. The molecule has 2 N–H and O–H groups in total. The molecule has 6 heteroatoms. The Labute approximate surface area is 117 Å². The molecule has 2 rings (SSSR count). The molecule has 1 aliphatic carbocycles. The Morgan fingerprint density at radius 3 is 2.42 bits per heavy atom. The van der Waals surface area contributed by atoms with Crippen molar-refractivity contribution in [3.63, 3.8) is 0 Å². The molecule has 0 bridgehead atoms. The number of nitrogens with zero attached hydrogens (tertiary/aromatic N) is 2. The van der Waals surface area contributed by atoms with Gasteiger partial charge in [0.05, 0.1) is 0 Å². The first-order valence-electron chi connectivity index (χ1n) is 7.40. The van der Waals surface area contributed by atoms with Gasteiger partial charge in [0.15, 0.2) is 0 Å². The lowest BCUT2D eigenvalue weighted by Gasteiger charge is -2.42. The maximum absolute atomic E-state index is 12.8. The zero-order valence-corrected chi connectivity index (χ0v) is 13.0. The van der Waals surface area contributed by atoms with Gasteiger partial charge in [0.2, 0.25) is 0 Å². The van der Waals surface area contributed by atoms with Crippen molar-refractivity contribution in [1.82, 2.24) is 8.61 Å². The van der Waals surface area contributed by atoms with Gasteiger partial charge in [-0.2, -0.15) is 17.0 Å². The van der Waals surface area contributed by atoms with Crippen molar-refractivity contribution in [1.29, 1.82) is 0 Å². The van der Waals surface area contributed by atoms with Crippen molar-refractivity contribution in [2.24, 2.45) is 5.73 Å². The van der Waals surface area contributed by atoms with Crippen molar-refractivity contribution in [2.45, 2.75) is 63.5 Å². The van der Waals surface area contributed by atoms with Gasteiger partial charge in [-0.1, -0.05) is 19.3 Å². The van der Waals surface area contributed by atoms with Crippen LogP contribution in [0.15, 0.2) is 0 Å². The van der Waals surface area contributed by atoms with Crippen LogP contribution in [0.2, 0.25) is 0 Å². The smallest absolute Gasteiger partial charge is 0.282 e. The van der Waals surface area contributed by atoms with Crippen LogP contribution in [0.25, 0.3) is 0 Å². The minimum Gasteiger partial charge on any atom is -0.329 e. The molecule has 1 saturated heterocycles. The molecule has 0 aromatic heterocycles. The molecule has 1 saturated carbocycles. The van der Waals surface area contributed by atoms with Gasteiger partial charge in [-0.25, -0.2) is 0 Å². The first-order chi connectivity index (χ1) is 8.94. The Bertz CT molecular complexity index is 404. The van der Waals surface area contributed by atoms with Crippen LogP contribution >= 0.6 is 0 Å². The number of piperidine rings is 1. The molecule has 0 amide bonds. The highest BCUT2D eigenvalue weighted by Gasteiger charge is 2.45. The quantitative estimate of drug-likeness (QED) is 0.848. The van der Waals surface area contributed by atoms with Gasteiger partial charge < -0.3 is 5.73 Å². The van der Waals surface area contributed by atoms with E-state index in [1.807, 2.05) is 6.92 Å². The lowest BCUT2D eigenvalue weighted by Crippen LogP contribution is -2.58. The SMILES string of the molecule is CC1CCCCN1S(=O)(=O)N(C)C1(CN)CCCC1. The summed E-state index contributed by atoms with van der Waals surface area (Å²) >= 11 is 0. The standard InChI is InChI=1S/C13H27N3O2S/c1-12-7-3-6-10-16(12)19(17,18)15(2)13(11-14)8-4-5-9-13/h12H,3-11,14H2,1-2H3. The molecule has 2 aliphatic rings. The maximum Gasteiger partial charge on any atom is 0.282 e. The molecule has 1 heterocycles. The van der Waals surface area contributed by atoms with Crippen molar-refractivity contribution < 1.29 is 8.42 Å². The molecule has 1 atom stereocenters. The molecular formula is C13H27N3O2S. The normalized spacial score (nSPS) is 28.9. The molecule has 1 aliphatic heterocycles. The van der Waals surface area contributed by atoms with Crippen molar-refractivity contribution in [2.75, 3.05) is 20.1 Å². The summed E-state index contributed by atoms with van der Waals surface area (Å²) in [7, 11) is -1.66. The number of nitrogens with two attached hydrogens (primary N) is 1. The molecule has 0 aromatic rings. The summed E-state index contributed by atoms with van der Waals surface area (Å²) < 4.78 is 28.9. The summed E-state index contributed by atoms with van der Waals surface area (Å²) in [5, 5.41) is 0. The van der Waals surface area contributed by atoms with Crippen LogP contribution in [0, 0.1) is 0 Å². The Balaban J connectivity index is 2.22. The third-order valence-electron chi connectivity index (χ3n) is 4.97. The highest BCUT2D eigenvalue weighted by Crippen LogP contribution is 2.36. The highest BCUT2D eigenvalue weighted by atomic mass is 32.2. The van der Waals surface area contributed by atoms with Crippen molar-refractivity contribution in [3.8, 4) is 0 Å². The fourth-order valence-corrected chi connectivity index (χ4v) is 5.48. The molecule has 0 aromatic carbocycles. The highest BCUT2D eigenvalue weighted by molar-refractivity contribution is 7.86. The minimum absolute atomic E-state index is 0.109. The number of rotatable bonds is 4. The average Bonchev–Trinajstić information content (AvgIpc) is 2.88. The fraction of sp³-hybridized carbons (Fsp3) is 1.00. The maximum atomic E-state index is 12.8. The van der Waals surface area contributed by atoms with Gasteiger partial charge in [-0.05, 0) is 32.6 Å². The molecule has 0 spiro atoms. The Hall–Kier alpha value is -0.170. The summed E-state index contributed by atoms with van der Waals surface area (Å²) in [6.45, 7) is 3.08. The van der Waals surface area contributed by atoms with Gasteiger partial charge in [0.25, 0.3) is 10.2 Å². The lowest BCUT2D eigenvalue weighted by molar-refractivity contribution is 0.190. The fourth-order valence-electron chi connectivity index (χ4n) is 3.50. The second-order valence-corrected chi connectivity index (χ2v) is 7.98. The van der Waals surface area contributed by atoms with E-state index in [2.05, 4.69) is 0 Å². The summed E-state index contributed by atoms with van der Waals surface area (Å²) in [4.78, 5) is 0. The van der Waals surface area contributed by atoms with Gasteiger partial charge in [-0.3, -0.25) is 0 Å². The van der Waals surface area contributed by atoms with Crippen LogP contribution in [0.1, 0.15) is 51.9 Å². The molecular weight excluding hydrogens is 262 g/mol. The van der Waals surface area contributed by atoms with Crippen LogP contribution in [-0.2, 0) is 10.2 Å². The van der Waals surface area contributed by atoms with Gasteiger partial charge in [-0.15, -0.1) is 0 Å². The third kappa shape index (κ3) is 2.68. The van der Waals surface area contributed by atoms with Crippen LogP contribution < -0.4 is 5.73 Å². The van der Waals surface area contributed by atoms with Gasteiger partial charge in [0, 0.05) is 31.7 Å². The lowest BCUT2D eigenvalue weighted by atomic mass is 9.98. The zero-order chi connectivity index (χ0) is 14.1. The monoisotopic (exact) mass is 289 g/mol. The molecule has 2 fully saturated rings. The Morgan fingerprint density at radius 2 is 1.89 bits per heavy atom. The molecule has 0 radical (unpaired) electrons. The van der Waals surface area contributed by atoms with E-state index in [1.165, 1.54) is 0 Å². The van der Waals surface area contributed by atoms with E-state index in [9.17, 15) is 8.42 Å². The largest absolute Gasteiger partial charge is 0.329 e. The number of hydrogen-bond donors (Lipinski definition) is 1. The molecule has 112 valence electrons. The predicted molar refractivity (Wildman–Crippen MR) is 77.0 cm³/mol. The van der Waals surface area contributed by atoms with Crippen LogP contribution in [0.3, 0.4) is 0 Å². The van der Waals surface area contributed by atoms with Gasteiger partial charge >= 0.3 is 0 Å². The van der Waals surface area contributed by atoms with Crippen LogP contribution in [0.4, 0.5) is 0 Å². The molecule has 1 unspecified atom stereocenters. The summed E-state index contributed by atoms with van der Waals surface area (Å²) in [6, 6.07) is 0.109. The van der Waals surface area contributed by atoms with Gasteiger partial charge in [0.1, 0.15) is 0 Å². The predicted octanol–water partition coefficient (Wildman–Crippen LogP) is 1.31. The van der Waals surface area contributed by atoms with Crippen molar-refractivity contribution in [3.05, 3.63) is 0 Å². The summed E-state index contributed by atoms with van der Waals surface area (Å²) in [5.74, 6) is 0. The van der Waals surface area contributed by atoms with E-state index in [4.69, 9.17) is 5.73 Å². The van der Waals surface area contributed by atoms with E-state index in [0.717, 1.165) is 44.9 Å². The average molecular weight is 289 g/mol. The summed E-state index contributed by atoms with van der Waals surface area (Å²) in [6.07, 6.45) is 6.98. The van der Waals surface area contributed by atoms with E-state index >= 15 is 0 Å². The minimum atomic E-state index is -3.38. The topological polar surface area (TPSA) is 66.6 Å². The van der Waals surface area contributed by atoms with E-state index in [0.29, 0.717) is 13.1 Å². The number of hydrogen-bond acceptors (Lipinski definition) is 3. The molecule has 19 heavy (non-hydrogen) atoms. The van der Waals surface area contributed by atoms with E-state index in [-0.39, 0.29) is 11.6 Å². The van der Waals surface area contributed by atoms with E-state index in [1.54, 1.807) is 15.7 Å². The third-order valence-corrected chi connectivity index (χ3v) is 7.18. The van der Waals surface area contributed by atoms with Crippen LogP contribution in [-0.4, -0.2) is 48.7 Å².